The van der Waals surface area contributed by atoms with Gasteiger partial charge in [-0.25, -0.2) is 9.78 Å². The first-order valence-electron chi connectivity index (χ1n) is 4.55. The lowest BCUT2D eigenvalue weighted by Crippen LogP contribution is -2.11. The van der Waals surface area contributed by atoms with E-state index in [2.05, 4.69) is 4.98 Å². The van der Waals surface area contributed by atoms with Crippen molar-refractivity contribution in [3.63, 3.8) is 0 Å². The number of fused-ring (bicyclic) bond motifs is 1. The molecule has 2 rings (SSSR count). The largest absolute Gasteiger partial charge is 0.478 e. The highest BCUT2D eigenvalue weighted by Crippen LogP contribution is 2.24. The van der Waals surface area contributed by atoms with E-state index in [9.17, 15) is 18.0 Å². The van der Waals surface area contributed by atoms with Gasteiger partial charge in [-0.15, -0.1) is 0 Å². The Balaban J connectivity index is 2.40. The van der Waals surface area contributed by atoms with Crippen molar-refractivity contribution >= 4 is 17.1 Å². The smallest absolute Gasteiger partial charge is 0.397 e. The van der Waals surface area contributed by atoms with Crippen molar-refractivity contribution in [2.75, 3.05) is 0 Å². The molecule has 0 unspecified atom stereocenters. The second-order valence-electron chi connectivity index (χ2n) is 3.39. The van der Waals surface area contributed by atoms with Crippen molar-refractivity contribution < 1.29 is 27.5 Å². The van der Waals surface area contributed by atoms with Crippen LogP contribution in [-0.2, 0) is 6.42 Å². The minimum atomic E-state index is -4.41. The first kappa shape index (κ1) is 11.4. The first-order valence-corrected chi connectivity index (χ1v) is 4.55. The van der Waals surface area contributed by atoms with E-state index in [-0.39, 0.29) is 16.7 Å². The highest BCUT2D eigenvalue weighted by atomic mass is 19.4. The van der Waals surface area contributed by atoms with Crippen molar-refractivity contribution in [3.8, 4) is 0 Å². The van der Waals surface area contributed by atoms with Gasteiger partial charge in [-0.2, -0.15) is 13.2 Å². The zero-order valence-electron chi connectivity index (χ0n) is 8.28. The van der Waals surface area contributed by atoms with Crippen LogP contribution < -0.4 is 0 Å². The molecule has 1 aromatic carbocycles. The van der Waals surface area contributed by atoms with Gasteiger partial charge in [0, 0.05) is 0 Å². The van der Waals surface area contributed by atoms with Gasteiger partial charge in [0.05, 0.1) is 5.56 Å². The molecule has 0 aliphatic rings. The predicted octanol–water partition coefficient (Wildman–Crippen LogP) is 2.63. The SMILES string of the molecule is O=C(O)c1ccc2oc(CC(F)(F)F)nc2c1. The van der Waals surface area contributed by atoms with Crippen LogP contribution in [0.3, 0.4) is 0 Å². The molecule has 2 aromatic rings. The molecule has 1 N–H and O–H groups in total. The Morgan fingerprint density at radius 3 is 2.71 bits per heavy atom. The Morgan fingerprint density at radius 1 is 1.41 bits per heavy atom. The number of oxazole rings is 1. The van der Waals surface area contributed by atoms with Crippen molar-refractivity contribution in [2.45, 2.75) is 12.6 Å². The number of carbonyl (C=O) groups is 1. The van der Waals surface area contributed by atoms with Gasteiger partial charge in [-0.3, -0.25) is 0 Å². The third-order valence-electron chi connectivity index (χ3n) is 2.03. The third kappa shape index (κ3) is 2.55. The van der Waals surface area contributed by atoms with Crippen molar-refractivity contribution in [3.05, 3.63) is 29.7 Å². The number of rotatable bonds is 2. The summed E-state index contributed by atoms with van der Waals surface area (Å²) in [6, 6.07) is 3.69. The lowest BCUT2D eigenvalue weighted by molar-refractivity contribution is -0.130. The molecule has 90 valence electrons. The molecule has 0 aliphatic carbocycles. The summed E-state index contributed by atoms with van der Waals surface area (Å²) in [4.78, 5) is 14.2. The zero-order valence-corrected chi connectivity index (χ0v) is 8.28. The molecule has 0 spiro atoms. The van der Waals surface area contributed by atoms with E-state index in [4.69, 9.17) is 9.52 Å². The van der Waals surface area contributed by atoms with Gasteiger partial charge in [0.15, 0.2) is 5.58 Å². The molecule has 0 aliphatic heterocycles. The van der Waals surface area contributed by atoms with Gasteiger partial charge in [0.2, 0.25) is 5.89 Å². The van der Waals surface area contributed by atoms with E-state index in [0.717, 1.165) is 0 Å². The first-order chi connectivity index (χ1) is 7.85. The molecule has 1 aromatic heterocycles. The number of alkyl halides is 3. The summed E-state index contributed by atoms with van der Waals surface area (Å²) in [5.74, 6) is -1.65. The topological polar surface area (TPSA) is 63.3 Å². The van der Waals surface area contributed by atoms with Gasteiger partial charge < -0.3 is 9.52 Å². The van der Waals surface area contributed by atoms with Crippen LogP contribution in [0.15, 0.2) is 22.6 Å². The summed E-state index contributed by atoms with van der Waals surface area (Å²) in [6.45, 7) is 0. The van der Waals surface area contributed by atoms with Crippen LogP contribution in [0.25, 0.3) is 11.1 Å². The highest BCUT2D eigenvalue weighted by Gasteiger charge is 2.30. The van der Waals surface area contributed by atoms with E-state index < -0.39 is 24.5 Å². The summed E-state index contributed by atoms with van der Waals surface area (Å²) in [7, 11) is 0. The number of benzene rings is 1. The Hall–Kier alpha value is -2.05. The fourth-order valence-electron chi connectivity index (χ4n) is 1.36. The molecule has 7 heteroatoms. The number of hydrogen-bond donors (Lipinski definition) is 1. The van der Waals surface area contributed by atoms with Crippen molar-refractivity contribution in [1.82, 2.24) is 4.98 Å². The minimum Gasteiger partial charge on any atom is -0.478 e. The van der Waals surface area contributed by atoms with Crippen LogP contribution in [0, 0.1) is 0 Å². The van der Waals surface area contributed by atoms with Gasteiger partial charge in [0.1, 0.15) is 11.9 Å². The molecule has 0 amide bonds. The Morgan fingerprint density at radius 2 is 2.12 bits per heavy atom. The highest BCUT2D eigenvalue weighted by molar-refractivity contribution is 5.91. The van der Waals surface area contributed by atoms with Crippen LogP contribution in [0.2, 0.25) is 0 Å². The molecular formula is C10H6F3NO3. The molecule has 0 saturated carbocycles. The van der Waals surface area contributed by atoms with Crippen LogP contribution in [-0.4, -0.2) is 22.2 Å². The van der Waals surface area contributed by atoms with Crippen LogP contribution in [0.1, 0.15) is 16.2 Å². The quantitative estimate of drug-likeness (QED) is 0.883. The van der Waals surface area contributed by atoms with E-state index in [1.807, 2.05) is 0 Å². The maximum atomic E-state index is 12.1. The van der Waals surface area contributed by atoms with E-state index in [1.54, 1.807) is 0 Å². The number of halogens is 3. The molecular weight excluding hydrogens is 239 g/mol. The number of nitrogens with zero attached hydrogens (tertiary/aromatic N) is 1. The van der Waals surface area contributed by atoms with E-state index in [1.165, 1.54) is 18.2 Å². The van der Waals surface area contributed by atoms with E-state index in [0.29, 0.717) is 0 Å². The molecule has 0 atom stereocenters. The van der Waals surface area contributed by atoms with Crippen LogP contribution >= 0.6 is 0 Å². The van der Waals surface area contributed by atoms with Crippen LogP contribution in [0.5, 0.6) is 0 Å². The molecule has 1 heterocycles. The number of hydrogen-bond acceptors (Lipinski definition) is 3. The number of aromatic nitrogens is 1. The lowest BCUT2D eigenvalue weighted by Gasteiger charge is -2.00. The summed E-state index contributed by atoms with van der Waals surface area (Å²) >= 11 is 0. The monoisotopic (exact) mass is 245 g/mol. The zero-order chi connectivity index (χ0) is 12.6. The summed E-state index contributed by atoms with van der Waals surface area (Å²) < 4.78 is 41.1. The second kappa shape index (κ2) is 3.76. The predicted molar refractivity (Wildman–Crippen MR) is 50.7 cm³/mol. The Labute approximate surface area is 92.7 Å². The summed E-state index contributed by atoms with van der Waals surface area (Å²) in [5, 5.41) is 8.70. The maximum absolute atomic E-state index is 12.1. The fraction of sp³-hybridized carbons (Fsp3) is 0.200. The molecule has 4 nitrogen and oxygen atoms in total. The average molecular weight is 245 g/mol. The van der Waals surface area contributed by atoms with Crippen molar-refractivity contribution in [1.29, 1.82) is 0 Å². The second-order valence-corrected chi connectivity index (χ2v) is 3.39. The summed E-state index contributed by atoms with van der Waals surface area (Å²) in [5.41, 5.74) is 0.183. The van der Waals surface area contributed by atoms with Gasteiger partial charge in [0.25, 0.3) is 0 Å². The third-order valence-corrected chi connectivity index (χ3v) is 2.03. The lowest BCUT2D eigenvalue weighted by atomic mass is 10.2. The standard InChI is InChI=1S/C10H6F3NO3/c11-10(12,13)4-8-14-6-3-5(9(15)16)1-2-7(6)17-8/h1-3H,4H2,(H,15,16). The van der Waals surface area contributed by atoms with Crippen LogP contribution in [0.4, 0.5) is 13.2 Å². The Kier molecular flexibility index (Phi) is 2.53. The number of carboxylic acid groups (broad SMARTS) is 1. The maximum Gasteiger partial charge on any atom is 0.397 e. The molecule has 0 bridgehead atoms. The fourth-order valence-corrected chi connectivity index (χ4v) is 1.36. The minimum absolute atomic E-state index is 0.0515. The molecule has 0 saturated heterocycles. The number of carboxylic acids is 1. The number of aromatic carboxylic acids is 1. The van der Waals surface area contributed by atoms with Gasteiger partial charge >= 0.3 is 12.1 Å². The van der Waals surface area contributed by atoms with Gasteiger partial charge in [-0.05, 0) is 18.2 Å². The molecule has 17 heavy (non-hydrogen) atoms. The van der Waals surface area contributed by atoms with Crippen molar-refractivity contribution in [2.24, 2.45) is 0 Å². The summed E-state index contributed by atoms with van der Waals surface area (Å²) in [6.07, 6.45) is -5.68. The normalized spacial score (nSPS) is 11.9. The average Bonchev–Trinajstić information content (AvgIpc) is 2.54. The Bertz CT molecular complexity index is 574. The van der Waals surface area contributed by atoms with Gasteiger partial charge in [-0.1, -0.05) is 0 Å². The molecule has 0 radical (unpaired) electrons. The molecule has 0 fully saturated rings. The van der Waals surface area contributed by atoms with E-state index >= 15 is 0 Å².